The van der Waals surface area contributed by atoms with Gasteiger partial charge in [0.05, 0.1) is 28.8 Å². The van der Waals surface area contributed by atoms with Crippen LogP contribution in [0.3, 0.4) is 0 Å². The molecule has 32 heavy (non-hydrogen) atoms. The van der Waals surface area contributed by atoms with E-state index in [0.717, 1.165) is 35.0 Å². The van der Waals surface area contributed by atoms with Crippen LogP contribution in [0.5, 0.6) is 5.75 Å². The number of anilines is 1. The van der Waals surface area contributed by atoms with Gasteiger partial charge < -0.3 is 14.0 Å². The number of nitrogens with one attached hydrogen (secondary N) is 1. The third kappa shape index (κ3) is 4.39. The lowest BCUT2D eigenvalue weighted by Crippen LogP contribution is -2.18. The van der Waals surface area contributed by atoms with Crippen LogP contribution in [-0.2, 0) is 4.74 Å². The average Bonchev–Trinajstić information content (AvgIpc) is 3.04. The maximum atomic E-state index is 11.9. The van der Waals surface area contributed by atoms with Crippen molar-refractivity contribution in [3.8, 4) is 23.1 Å². The molecule has 0 aliphatic heterocycles. The van der Waals surface area contributed by atoms with E-state index in [2.05, 4.69) is 16.0 Å². The summed E-state index contributed by atoms with van der Waals surface area (Å²) in [5.41, 5.74) is 4.12. The first-order valence-electron chi connectivity index (χ1n) is 10.9. The molecular weight excluding hydrogens is 426 g/mol. The highest BCUT2D eigenvalue weighted by Crippen LogP contribution is 2.43. The summed E-state index contributed by atoms with van der Waals surface area (Å²) in [6, 6.07) is 16.2. The molecule has 1 heterocycles. The summed E-state index contributed by atoms with van der Waals surface area (Å²) in [5, 5.41) is 13.7. The number of rotatable bonds is 7. The van der Waals surface area contributed by atoms with Crippen molar-refractivity contribution in [3.05, 3.63) is 48.0 Å². The van der Waals surface area contributed by atoms with Gasteiger partial charge in [0.25, 0.3) is 0 Å². The maximum Gasteiger partial charge on any atom is 0.411 e. The van der Waals surface area contributed by atoms with Crippen molar-refractivity contribution in [2.45, 2.75) is 45.3 Å². The molecule has 1 N–H and O–H groups in total. The van der Waals surface area contributed by atoms with Crippen LogP contribution >= 0.6 is 11.6 Å². The lowest BCUT2D eigenvalue weighted by molar-refractivity contribution is 0.130. The number of alkyl halides is 1. The fourth-order valence-corrected chi connectivity index (χ4v) is 4.11. The first kappa shape index (κ1) is 22.0. The minimum Gasteiger partial charge on any atom is -0.492 e. The lowest BCUT2D eigenvalue weighted by atomic mass is 9.92. The highest BCUT2D eigenvalue weighted by atomic mass is 35.5. The van der Waals surface area contributed by atoms with E-state index in [-0.39, 0.29) is 6.10 Å². The number of hydrogen-bond acceptors (Lipinski definition) is 4. The number of fused-ring (bicyclic) bond motifs is 1. The number of halogens is 1. The van der Waals surface area contributed by atoms with Crippen LogP contribution in [0.15, 0.2) is 42.5 Å². The van der Waals surface area contributed by atoms with Gasteiger partial charge in [0.1, 0.15) is 18.4 Å². The number of aromatic nitrogens is 1. The summed E-state index contributed by atoms with van der Waals surface area (Å²) in [6.45, 7) is 4.02. The van der Waals surface area contributed by atoms with Crippen LogP contribution in [0.4, 0.5) is 10.5 Å². The van der Waals surface area contributed by atoms with Crippen molar-refractivity contribution in [1.82, 2.24) is 4.57 Å². The normalized spacial score (nSPS) is 13.6. The van der Waals surface area contributed by atoms with Crippen LogP contribution in [0.2, 0.25) is 0 Å². The number of hydrogen-bond donors (Lipinski definition) is 1. The standard InChI is InChI=1S/C25H26ClN3O3/c1-16(2)32-25(30)28-18-8-6-17(7-9-18)24-22(15-27)21-14-20(31-13-12-26)10-11-23(21)29(24)19-4-3-5-19/h6-11,14,16,19H,3-5,12-13H2,1-2H3,(H,28,30). The summed E-state index contributed by atoms with van der Waals surface area (Å²) in [7, 11) is 0. The Kier molecular flexibility index (Phi) is 6.57. The van der Waals surface area contributed by atoms with Crippen molar-refractivity contribution < 1.29 is 14.3 Å². The predicted octanol–water partition coefficient (Wildman–Crippen LogP) is 6.48. The van der Waals surface area contributed by atoms with E-state index < -0.39 is 6.09 Å². The number of carbonyl (C=O) groups is 1. The molecule has 4 rings (SSSR count). The van der Waals surface area contributed by atoms with Gasteiger partial charge in [-0.2, -0.15) is 5.26 Å². The van der Waals surface area contributed by atoms with Gasteiger partial charge in [0.15, 0.2) is 0 Å². The fraction of sp³-hybridized carbons (Fsp3) is 0.360. The molecule has 1 aliphatic rings. The first-order chi connectivity index (χ1) is 15.5. The number of benzene rings is 2. The van der Waals surface area contributed by atoms with Crippen LogP contribution in [0.25, 0.3) is 22.2 Å². The van der Waals surface area contributed by atoms with Gasteiger partial charge in [-0.1, -0.05) is 12.1 Å². The molecule has 166 valence electrons. The number of ether oxygens (including phenoxy) is 2. The molecule has 1 fully saturated rings. The van der Waals surface area contributed by atoms with E-state index in [9.17, 15) is 10.1 Å². The number of nitrogens with zero attached hydrogens (tertiary/aromatic N) is 2. The second-order valence-electron chi connectivity index (χ2n) is 8.16. The Morgan fingerprint density at radius 1 is 1.25 bits per heavy atom. The molecule has 1 aliphatic carbocycles. The van der Waals surface area contributed by atoms with Gasteiger partial charge in [-0.3, -0.25) is 5.32 Å². The van der Waals surface area contributed by atoms with E-state index >= 15 is 0 Å². The summed E-state index contributed by atoms with van der Waals surface area (Å²) in [4.78, 5) is 11.9. The molecule has 1 amide bonds. The third-order valence-electron chi connectivity index (χ3n) is 5.62. The Morgan fingerprint density at radius 3 is 2.59 bits per heavy atom. The smallest absolute Gasteiger partial charge is 0.411 e. The topological polar surface area (TPSA) is 76.3 Å². The van der Waals surface area contributed by atoms with Gasteiger partial charge in [0.2, 0.25) is 0 Å². The van der Waals surface area contributed by atoms with Gasteiger partial charge in [-0.15, -0.1) is 11.6 Å². The molecular formula is C25H26ClN3O3. The molecule has 1 saturated carbocycles. The zero-order chi connectivity index (χ0) is 22.7. The molecule has 0 atom stereocenters. The van der Waals surface area contributed by atoms with Crippen molar-refractivity contribution in [3.63, 3.8) is 0 Å². The largest absolute Gasteiger partial charge is 0.492 e. The Hall–Kier alpha value is -3.17. The minimum atomic E-state index is -0.487. The second-order valence-corrected chi connectivity index (χ2v) is 8.54. The molecule has 0 spiro atoms. The lowest BCUT2D eigenvalue weighted by Gasteiger charge is -2.30. The molecule has 0 bridgehead atoms. The molecule has 1 aromatic heterocycles. The van der Waals surface area contributed by atoms with Gasteiger partial charge in [0, 0.05) is 17.1 Å². The Labute approximate surface area is 192 Å². The van der Waals surface area contributed by atoms with E-state index in [4.69, 9.17) is 21.1 Å². The molecule has 7 heteroatoms. The molecule has 0 radical (unpaired) electrons. The number of amides is 1. The van der Waals surface area contributed by atoms with Gasteiger partial charge >= 0.3 is 6.09 Å². The van der Waals surface area contributed by atoms with E-state index in [1.54, 1.807) is 13.8 Å². The monoisotopic (exact) mass is 451 g/mol. The number of carbonyl (C=O) groups excluding carboxylic acids is 1. The van der Waals surface area contributed by atoms with E-state index in [0.29, 0.717) is 35.5 Å². The molecule has 2 aromatic carbocycles. The predicted molar refractivity (Wildman–Crippen MR) is 126 cm³/mol. The van der Waals surface area contributed by atoms with E-state index in [1.807, 2.05) is 42.5 Å². The number of nitriles is 1. The van der Waals surface area contributed by atoms with E-state index in [1.165, 1.54) is 6.42 Å². The second kappa shape index (κ2) is 9.54. The third-order valence-corrected chi connectivity index (χ3v) is 5.77. The van der Waals surface area contributed by atoms with Crippen LogP contribution in [0.1, 0.15) is 44.7 Å². The SMILES string of the molecule is CC(C)OC(=O)Nc1ccc(-c2c(C#N)c3cc(OCCCl)ccc3n2C2CCC2)cc1. The van der Waals surface area contributed by atoms with Crippen LogP contribution < -0.4 is 10.1 Å². The van der Waals surface area contributed by atoms with Crippen molar-refractivity contribution in [2.24, 2.45) is 0 Å². The first-order valence-corrected chi connectivity index (χ1v) is 11.4. The Bertz CT molecular complexity index is 1160. The maximum absolute atomic E-state index is 11.9. The summed E-state index contributed by atoms with van der Waals surface area (Å²) in [5.74, 6) is 1.11. The van der Waals surface area contributed by atoms with Crippen molar-refractivity contribution >= 4 is 34.3 Å². The van der Waals surface area contributed by atoms with Crippen LogP contribution in [0, 0.1) is 11.3 Å². The van der Waals surface area contributed by atoms with Crippen molar-refractivity contribution in [2.75, 3.05) is 17.8 Å². The molecule has 0 saturated heterocycles. The molecule has 3 aromatic rings. The van der Waals surface area contributed by atoms with Crippen molar-refractivity contribution in [1.29, 1.82) is 5.26 Å². The zero-order valence-electron chi connectivity index (χ0n) is 18.2. The van der Waals surface area contributed by atoms with Gasteiger partial charge in [-0.05, 0) is 69.0 Å². The summed E-state index contributed by atoms with van der Waals surface area (Å²) < 4.78 is 13.1. The fourth-order valence-electron chi connectivity index (χ4n) is 4.03. The molecule has 6 nitrogen and oxygen atoms in total. The summed E-state index contributed by atoms with van der Waals surface area (Å²) in [6.07, 6.45) is 2.69. The Balaban J connectivity index is 1.75. The molecule has 0 unspecified atom stereocenters. The highest BCUT2D eigenvalue weighted by molar-refractivity contribution is 6.18. The van der Waals surface area contributed by atoms with Gasteiger partial charge in [-0.25, -0.2) is 4.79 Å². The Morgan fingerprint density at radius 2 is 2.00 bits per heavy atom. The average molecular weight is 452 g/mol. The highest BCUT2D eigenvalue weighted by Gasteiger charge is 2.28. The quantitative estimate of drug-likeness (QED) is 0.417. The zero-order valence-corrected chi connectivity index (χ0v) is 19.0. The minimum absolute atomic E-state index is 0.191. The summed E-state index contributed by atoms with van der Waals surface area (Å²) >= 11 is 5.76. The van der Waals surface area contributed by atoms with Crippen LogP contribution in [-0.4, -0.2) is 29.3 Å².